The molecule has 1 unspecified atom stereocenters. The molecule has 0 bridgehead atoms. The lowest BCUT2D eigenvalue weighted by atomic mass is 9.93. The van der Waals surface area contributed by atoms with Crippen molar-refractivity contribution in [3.63, 3.8) is 0 Å². The number of carbonyl (C=O) groups excluding carboxylic acids is 1. The van der Waals surface area contributed by atoms with Gasteiger partial charge in [0.2, 0.25) is 0 Å². The molecule has 0 spiro atoms. The van der Waals surface area contributed by atoms with E-state index in [1.165, 1.54) is 6.33 Å². The average Bonchev–Trinajstić information content (AvgIpc) is 3.09. The molecule has 122 valence electrons. The fourth-order valence-corrected chi connectivity index (χ4v) is 3.33. The van der Waals surface area contributed by atoms with Crippen molar-refractivity contribution in [3.8, 4) is 0 Å². The topological polar surface area (TPSA) is 76.3 Å². The standard InChI is InChI=1S/C17H18N6O/c1-12-9-15(23-17(21-12)19-11-20-23)14-3-2-8-22(10-14)16(24)13-4-6-18-7-5-13/h4-7,9,11,14H,2-3,8,10H2,1H3. The highest BCUT2D eigenvalue weighted by atomic mass is 16.2. The van der Waals surface area contributed by atoms with Gasteiger partial charge in [0.25, 0.3) is 11.7 Å². The summed E-state index contributed by atoms with van der Waals surface area (Å²) in [5.41, 5.74) is 2.67. The number of carbonyl (C=O) groups is 1. The van der Waals surface area contributed by atoms with Gasteiger partial charge in [0.05, 0.1) is 5.69 Å². The summed E-state index contributed by atoms with van der Waals surface area (Å²) in [6, 6.07) is 5.57. The number of hydrogen-bond acceptors (Lipinski definition) is 5. The summed E-state index contributed by atoms with van der Waals surface area (Å²) in [7, 11) is 0. The van der Waals surface area contributed by atoms with Crippen molar-refractivity contribution in [2.24, 2.45) is 0 Å². The molecule has 1 amide bonds. The molecule has 1 aliphatic heterocycles. The van der Waals surface area contributed by atoms with Gasteiger partial charge in [-0.1, -0.05) is 0 Å². The molecule has 0 N–H and O–H groups in total. The van der Waals surface area contributed by atoms with E-state index in [-0.39, 0.29) is 11.8 Å². The number of likely N-dealkylation sites (tertiary alicyclic amines) is 1. The highest BCUT2D eigenvalue weighted by Crippen LogP contribution is 2.28. The van der Waals surface area contributed by atoms with Crippen LogP contribution in [0.4, 0.5) is 0 Å². The van der Waals surface area contributed by atoms with Crippen molar-refractivity contribution in [1.29, 1.82) is 0 Å². The Morgan fingerprint density at radius 2 is 2.12 bits per heavy atom. The Labute approximate surface area is 139 Å². The second-order valence-corrected chi connectivity index (χ2v) is 6.12. The van der Waals surface area contributed by atoms with Gasteiger partial charge in [0.1, 0.15) is 6.33 Å². The minimum Gasteiger partial charge on any atom is -0.338 e. The Bertz CT molecular complexity index is 875. The van der Waals surface area contributed by atoms with Gasteiger partial charge >= 0.3 is 0 Å². The van der Waals surface area contributed by atoms with E-state index >= 15 is 0 Å². The number of aryl methyl sites for hydroxylation is 1. The molecule has 1 aliphatic rings. The van der Waals surface area contributed by atoms with Crippen LogP contribution in [0.5, 0.6) is 0 Å². The maximum absolute atomic E-state index is 12.7. The first-order valence-corrected chi connectivity index (χ1v) is 8.09. The van der Waals surface area contributed by atoms with Crippen LogP contribution in [0.3, 0.4) is 0 Å². The van der Waals surface area contributed by atoms with Crippen molar-refractivity contribution in [3.05, 3.63) is 53.9 Å². The molecular formula is C17H18N6O. The van der Waals surface area contributed by atoms with Crippen LogP contribution in [0.15, 0.2) is 36.9 Å². The number of nitrogens with zero attached hydrogens (tertiary/aromatic N) is 6. The predicted molar refractivity (Wildman–Crippen MR) is 87.6 cm³/mol. The van der Waals surface area contributed by atoms with Crippen molar-refractivity contribution >= 4 is 11.7 Å². The quantitative estimate of drug-likeness (QED) is 0.719. The van der Waals surface area contributed by atoms with Crippen LogP contribution in [0.1, 0.15) is 40.5 Å². The van der Waals surface area contributed by atoms with Gasteiger partial charge in [-0.25, -0.2) is 9.50 Å². The monoisotopic (exact) mass is 322 g/mol. The molecule has 1 atom stereocenters. The summed E-state index contributed by atoms with van der Waals surface area (Å²) in [4.78, 5) is 27.2. The Morgan fingerprint density at radius 3 is 2.96 bits per heavy atom. The Morgan fingerprint density at radius 1 is 1.29 bits per heavy atom. The zero-order valence-electron chi connectivity index (χ0n) is 13.5. The van der Waals surface area contributed by atoms with E-state index in [0.29, 0.717) is 17.9 Å². The first-order chi connectivity index (χ1) is 11.7. The molecule has 24 heavy (non-hydrogen) atoms. The normalized spacial score (nSPS) is 18.0. The number of fused-ring (bicyclic) bond motifs is 1. The van der Waals surface area contributed by atoms with E-state index in [1.807, 2.05) is 17.9 Å². The molecule has 1 fully saturated rings. The molecule has 0 aromatic carbocycles. The van der Waals surface area contributed by atoms with Gasteiger partial charge in [-0.05, 0) is 38.0 Å². The fraction of sp³-hybridized carbons (Fsp3) is 0.353. The fourth-order valence-electron chi connectivity index (χ4n) is 3.33. The third kappa shape index (κ3) is 2.62. The van der Waals surface area contributed by atoms with Crippen LogP contribution in [0.2, 0.25) is 0 Å². The lowest BCUT2D eigenvalue weighted by molar-refractivity contribution is 0.0705. The lowest BCUT2D eigenvalue weighted by Crippen LogP contribution is -2.39. The summed E-state index contributed by atoms with van der Waals surface area (Å²) in [6.45, 7) is 3.42. The smallest absolute Gasteiger partial charge is 0.253 e. The van der Waals surface area contributed by atoms with E-state index < -0.39 is 0 Å². The first kappa shape index (κ1) is 14.7. The highest BCUT2D eigenvalue weighted by molar-refractivity contribution is 5.94. The molecule has 4 heterocycles. The summed E-state index contributed by atoms with van der Waals surface area (Å²) >= 11 is 0. The second-order valence-electron chi connectivity index (χ2n) is 6.12. The van der Waals surface area contributed by atoms with Crippen LogP contribution < -0.4 is 0 Å². The minimum atomic E-state index is 0.0581. The Kier molecular flexibility index (Phi) is 3.68. The maximum atomic E-state index is 12.7. The zero-order valence-corrected chi connectivity index (χ0v) is 13.5. The van der Waals surface area contributed by atoms with Crippen molar-refractivity contribution in [2.45, 2.75) is 25.7 Å². The van der Waals surface area contributed by atoms with Crippen molar-refractivity contribution in [2.75, 3.05) is 13.1 Å². The van der Waals surface area contributed by atoms with Gasteiger partial charge < -0.3 is 4.90 Å². The largest absolute Gasteiger partial charge is 0.338 e. The van der Waals surface area contributed by atoms with E-state index in [0.717, 1.165) is 30.8 Å². The van der Waals surface area contributed by atoms with Crippen LogP contribution in [-0.2, 0) is 0 Å². The van der Waals surface area contributed by atoms with Gasteiger partial charge in [-0.15, -0.1) is 0 Å². The Balaban J connectivity index is 1.63. The summed E-state index contributed by atoms with van der Waals surface area (Å²) < 4.78 is 1.79. The molecule has 4 rings (SSSR count). The third-order valence-electron chi connectivity index (χ3n) is 4.46. The predicted octanol–water partition coefficient (Wildman–Crippen LogP) is 1.85. The number of amides is 1. The van der Waals surface area contributed by atoms with Crippen LogP contribution in [0, 0.1) is 6.92 Å². The number of aromatic nitrogens is 5. The zero-order chi connectivity index (χ0) is 16.5. The highest BCUT2D eigenvalue weighted by Gasteiger charge is 2.27. The number of rotatable bonds is 2. The minimum absolute atomic E-state index is 0.0581. The molecule has 3 aromatic heterocycles. The van der Waals surface area contributed by atoms with E-state index in [4.69, 9.17) is 0 Å². The Hall–Kier alpha value is -2.83. The van der Waals surface area contributed by atoms with E-state index in [9.17, 15) is 4.79 Å². The molecular weight excluding hydrogens is 304 g/mol. The van der Waals surface area contributed by atoms with Crippen LogP contribution >= 0.6 is 0 Å². The molecule has 1 saturated heterocycles. The number of hydrogen-bond donors (Lipinski definition) is 0. The van der Waals surface area contributed by atoms with Crippen LogP contribution in [0.25, 0.3) is 5.78 Å². The summed E-state index contributed by atoms with van der Waals surface area (Å²) in [6.07, 6.45) is 6.82. The maximum Gasteiger partial charge on any atom is 0.253 e. The van der Waals surface area contributed by atoms with E-state index in [1.54, 1.807) is 29.0 Å². The molecule has 3 aromatic rings. The number of pyridine rings is 1. The summed E-state index contributed by atoms with van der Waals surface area (Å²) in [5, 5.41) is 4.29. The number of piperidine rings is 1. The SMILES string of the molecule is Cc1cc(C2CCCN(C(=O)c3ccncc3)C2)n2ncnc2n1. The van der Waals surface area contributed by atoms with Gasteiger partial charge in [-0.3, -0.25) is 9.78 Å². The van der Waals surface area contributed by atoms with Gasteiger partial charge in [0.15, 0.2) is 0 Å². The molecule has 0 saturated carbocycles. The average molecular weight is 322 g/mol. The molecule has 0 radical (unpaired) electrons. The summed E-state index contributed by atoms with van der Waals surface area (Å²) in [5.74, 6) is 0.903. The van der Waals surface area contributed by atoms with Crippen LogP contribution in [-0.4, -0.2) is 48.5 Å². The lowest BCUT2D eigenvalue weighted by Gasteiger charge is -2.33. The van der Waals surface area contributed by atoms with Crippen molar-refractivity contribution in [1.82, 2.24) is 29.5 Å². The third-order valence-corrected chi connectivity index (χ3v) is 4.46. The first-order valence-electron chi connectivity index (χ1n) is 8.09. The molecule has 7 heteroatoms. The van der Waals surface area contributed by atoms with Gasteiger partial charge in [-0.2, -0.15) is 10.1 Å². The second kappa shape index (κ2) is 5.99. The van der Waals surface area contributed by atoms with Gasteiger partial charge in [0, 0.05) is 42.7 Å². The van der Waals surface area contributed by atoms with Crippen molar-refractivity contribution < 1.29 is 4.79 Å². The molecule has 7 nitrogen and oxygen atoms in total. The van der Waals surface area contributed by atoms with E-state index in [2.05, 4.69) is 20.1 Å². The molecule has 0 aliphatic carbocycles.